The van der Waals surface area contributed by atoms with E-state index in [1.807, 2.05) is 19.1 Å². The summed E-state index contributed by atoms with van der Waals surface area (Å²) < 4.78 is 10.4. The van der Waals surface area contributed by atoms with Crippen LogP contribution >= 0.6 is 0 Å². The van der Waals surface area contributed by atoms with Gasteiger partial charge in [-0.1, -0.05) is 11.6 Å². The van der Waals surface area contributed by atoms with Gasteiger partial charge in [-0.05, 0) is 32.4 Å². The monoisotopic (exact) mass is 281 g/mol. The van der Waals surface area contributed by atoms with Crippen molar-refractivity contribution in [3.63, 3.8) is 0 Å². The van der Waals surface area contributed by atoms with Gasteiger partial charge >= 0.3 is 0 Å². The van der Waals surface area contributed by atoms with E-state index in [0.717, 1.165) is 12.0 Å². The molecule has 0 aliphatic rings. The number of rotatable bonds is 8. The molecule has 0 saturated heterocycles. The Balaban J connectivity index is 2.47. The van der Waals surface area contributed by atoms with Crippen LogP contribution in [0.4, 0.5) is 0 Å². The summed E-state index contributed by atoms with van der Waals surface area (Å²) in [5.74, 6) is 0.357. The van der Waals surface area contributed by atoms with Gasteiger partial charge in [-0.3, -0.25) is 4.79 Å². The molecular formula is C15H23NO4. The number of hydrogen-bond donors (Lipinski definition) is 2. The van der Waals surface area contributed by atoms with Crippen molar-refractivity contribution in [2.45, 2.75) is 26.4 Å². The summed E-state index contributed by atoms with van der Waals surface area (Å²) in [5, 5.41) is 12.4. The van der Waals surface area contributed by atoms with E-state index >= 15 is 0 Å². The first kappa shape index (κ1) is 16.5. The van der Waals surface area contributed by atoms with Gasteiger partial charge in [-0.2, -0.15) is 0 Å². The number of amides is 1. The van der Waals surface area contributed by atoms with Crippen molar-refractivity contribution < 1.29 is 19.4 Å². The van der Waals surface area contributed by atoms with E-state index in [4.69, 9.17) is 9.47 Å². The summed E-state index contributed by atoms with van der Waals surface area (Å²) in [6, 6.07) is 5.52. The van der Waals surface area contributed by atoms with Crippen LogP contribution in [0.1, 0.15) is 30.6 Å². The zero-order chi connectivity index (χ0) is 15.0. The van der Waals surface area contributed by atoms with E-state index in [-0.39, 0.29) is 12.5 Å². The fourth-order valence-corrected chi connectivity index (χ4v) is 1.76. The minimum Gasteiger partial charge on any atom is -0.483 e. The van der Waals surface area contributed by atoms with Crippen LogP contribution < -0.4 is 10.1 Å². The molecule has 0 spiro atoms. The van der Waals surface area contributed by atoms with Gasteiger partial charge in [0.2, 0.25) is 0 Å². The van der Waals surface area contributed by atoms with Crippen LogP contribution in [-0.2, 0) is 9.53 Å². The first-order valence-electron chi connectivity index (χ1n) is 6.71. The minimum absolute atomic E-state index is 0.0598. The quantitative estimate of drug-likeness (QED) is 0.710. The average Bonchev–Trinajstić information content (AvgIpc) is 2.42. The molecule has 0 aliphatic carbocycles. The largest absolute Gasteiger partial charge is 0.483 e. The Morgan fingerprint density at radius 3 is 2.85 bits per heavy atom. The lowest BCUT2D eigenvalue weighted by molar-refractivity contribution is -0.123. The molecule has 112 valence electrons. The molecule has 2 N–H and O–H groups in total. The molecule has 0 saturated carbocycles. The molecule has 5 heteroatoms. The van der Waals surface area contributed by atoms with Gasteiger partial charge in [0.1, 0.15) is 5.75 Å². The van der Waals surface area contributed by atoms with Crippen molar-refractivity contribution in [1.29, 1.82) is 0 Å². The van der Waals surface area contributed by atoms with Gasteiger partial charge in [-0.25, -0.2) is 0 Å². The highest BCUT2D eigenvalue weighted by Crippen LogP contribution is 2.26. The summed E-state index contributed by atoms with van der Waals surface area (Å²) in [7, 11) is 1.62. The van der Waals surface area contributed by atoms with Crippen molar-refractivity contribution in [2.75, 3.05) is 26.9 Å². The second kappa shape index (κ2) is 8.55. The third-order valence-corrected chi connectivity index (χ3v) is 2.82. The molecule has 20 heavy (non-hydrogen) atoms. The van der Waals surface area contributed by atoms with Crippen LogP contribution in [0.5, 0.6) is 5.75 Å². The molecule has 0 aromatic heterocycles. The summed E-state index contributed by atoms with van der Waals surface area (Å²) in [6.45, 7) is 4.73. The van der Waals surface area contributed by atoms with Crippen LogP contribution in [0.25, 0.3) is 0 Å². The third kappa shape index (κ3) is 5.59. The summed E-state index contributed by atoms with van der Waals surface area (Å²) >= 11 is 0. The Hall–Kier alpha value is -1.59. The second-order valence-corrected chi connectivity index (χ2v) is 4.70. The van der Waals surface area contributed by atoms with E-state index in [1.165, 1.54) is 0 Å². The summed E-state index contributed by atoms with van der Waals surface area (Å²) in [5.41, 5.74) is 1.73. The Morgan fingerprint density at radius 2 is 2.20 bits per heavy atom. The Kier molecular flexibility index (Phi) is 7.04. The van der Waals surface area contributed by atoms with Gasteiger partial charge in [-0.15, -0.1) is 0 Å². The molecular weight excluding hydrogens is 258 g/mol. The zero-order valence-corrected chi connectivity index (χ0v) is 12.3. The third-order valence-electron chi connectivity index (χ3n) is 2.82. The van der Waals surface area contributed by atoms with E-state index in [1.54, 1.807) is 20.1 Å². The predicted molar refractivity (Wildman–Crippen MR) is 76.8 cm³/mol. The van der Waals surface area contributed by atoms with E-state index in [0.29, 0.717) is 24.5 Å². The lowest BCUT2D eigenvalue weighted by Crippen LogP contribution is -2.30. The zero-order valence-electron chi connectivity index (χ0n) is 12.3. The SMILES string of the molecule is COCCCNC(=O)COc1ccc(C)cc1[C@H](C)O. The maximum atomic E-state index is 11.6. The van der Waals surface area contributed by atoms with Gasteiger partial charge in [0.25, 0.3) is 5.91 Å². The lowest BCUT2D eigenvalue weighted by Gasteiger charge is -2.14. The summed E-state index contributed by atoms with van der Waals surface area (Å²) in [4.78, 5) is 11.6. The van der Waals surface area contributed by atoms with Crippen LogP contribution in [0.3, 0.4) is 0 Å². The fraction of sp³-hybridized carbons (Fsp3) is 0.533. The first-order chi connectivity index (χ1) is 9.54. The highest BCUT2D eigenvalue weighted by molar-refractivity contribution is 5.77. The van der Waals surface area contributed by atoms with Crippen LogP contribution in [-0.4, -0.2) is 37.9 Å². The fourth-order valence-electron chi connectivity index (χ4n) is 1.76. The van der Waals surface area contributed by atoms with Gasteiger partial charge in [0, 0.05) is 25.8 Å². The Labute approximate surface area is 119 Å². The lowest BCUT2D eigenvalue weighted by atomic mass is 10.1. The molecule has 5 nitrogen and oxygen atoms in total. The van der Waals surface area contributed by atoms with Gasteiger partial charge in [0.05, 0.1) is 6.10 Å². The summed E-state index contributed by atoms with van der Waals surface area (Å²) in [6.07, 6.45) is 0.140. The Bertz CT molecular complexity index is 432. The molecule has 0 unspecified atom stereocenters. The molecule has 0 radical (unpaired) electrons. The van der Waals surface area contributed by atoms with Crippen LogP contribution in [0, 0.1) is 6.92 Å². The van der Waals surface area contributed by atoms with Crippen molar-refractivity contribution in [3.05, 3.63) is 29.3 Å². The molecule has 1 aromatic rings. The van der Waals surface area contributed by atoms with Crippen molar-refractivity contribution >= 4 is 5.91 Å². The van der Waals surface area contributed by atoms with Crippen molar-refractivity contribution in [2.24, 2.45) is 0 Å². The molecule has 1 atom stereocenters. The van der Waals surface area contributed by atoms with E-state index in [2.05, 4.69) is 5.32 Å². The predicted octanol–water partition coefficient (Wildman–Crippen LogP) is 1.58. The number of carbonyl (C=O) groups excluding carboxylic acids is 1. The number of ether oxygens (including phenoxy) is 2. The molecule has 1 aromatic carbocycles. The molecule has 0 bridgehead atoms. The standard InChI is InChI=1S/C15H23NO4/c1-11-5-6-14(13(9-11)12(2)17)20-10-15(18)16-7-4-8-19-3/h5-6,9,12,17H,4,7-8,10H2,1-3H3,(H,16,18)/t12-/m0/s1. The molecule has 0 aliphatic heterocycles. The smallest absolute Gasteiger partial charge is 0.257 e. The van der Waals surface area contributed by atoms with Crippen molar-refractivity contribution in [3.8, 4) is 5.75 Å². The van der Waals surface area contributed by atoms with Crippen LogP contribution in [0.15, 0.2) is 18.2 Å². The Morgan fingerprint density at radius 1 is 1.45 bits per heavy atom. The maximum absolute atomic E-state index is 11.6. The van der Waals surface area contributed by atoms with Gasteiger partial charge < -0.3 is 19.9 Å². The number of aryl methyl sites for hydroxylation is 1. The first-order valence-corrected chi connectivity index (χ1v) is 6.71. The average molecular weight is 281 g/mol. The maximum Gasteiger partial charge on any atom is 0.257 e. The number of nitrogens with one attached hydrogen (secondary N) is 1. The minimum atomic E-state index is -0.630. The number of hydrogen-bond acceptors (Lipinski definition) is 4. The van der Waals surface area contributed by atoms with Crippen molar-refractivity contribution in [1.82, 2.24) is 5.32 Å². The highest BCUT2D eigenvalue weighted by atomic mass is 16.5. The number of methoxy groups -OCH3 is 1. The number of benzene rings is 1. The van der Waals surface area contributed by atoms with E-state index < -0.39 is 6.10 Å². The molecule has 0 heterocycles. The molecule has 1 amide bonds. The van der Waals surface area contributed by atoms with Gasteiger partial charge in [0.15, 0.2) is 6.61 Å². The highest BCUT2D eigenvalue weighted by Gasteiger charge is 2.11. The second-order valence-electron chi connectivity index (χ2n) is 4.70. The number of carbonyl (C=O) groups is 1. The molecule has 0 fully saturated rings. The topological polar surface area (TPSA) is 67.8 Å². The molecule has 1 rings (SSSR count). The normalized spacial score (nSPS) is 12.0. The number of aliphatic hydroxyl groups excluding tert-OH is 1. The number of aliphatic hydroxyl groups is 1. The van der Waals surface area contributed by atoms with E-state index in [9.17, 15) is 9.90 Å². The van der Waals surface area contributed by atoms with Crippen LogP contribution in [0.2, 0.25) is 0 Å².